The molecule has 0 aromatic heterocycles. The van der Waals surface area contributed by atoms with Crippen molar-refractivity contribution in [3.8, 4) is 11.5 Å². The fourth-order valence-corrected chi connectivity index (χ4v) is 6.43. The lowest BCUT2D eigenvalue weighted by Crippen LogP contribution is -2.53. The molecule has 0 spiro atoms. The number of nitrogens with two attached hydrogens (primary N) is 1. The molecule has 7 N–H and O–H groups in total. The molecule has 12 heteroatoms. The molecular weight excluding hydrogens is 584 g/mol. The highest BCUT2D eigenvalue weighted by molar-refractivity contribution is 6.30. The van der Waals surface area contributed by atoms with E-state index in [2.05, 4.69) is 5.32 Å². The summed E-state index contributed by atoms with van der Waals surface area (Å²) in [5.41, 5.74) is 4.02. The first-order valence-corrected chi connectivity index (χ1v) is 14.7. The van der Waals surface area contributed by atoms with Crippen LogP contribution in [0, 0.1) is 0 Å². The minimum atomic E-state index is -1.88. The molecule has 0 radical (unpaired) electrons. The van der Waals surface area contributed by atoms with Gasteiger partial charge in [0.2, 0.25) is 0 Å². The number of anilines is 1. The van der Waals surface area contributed by atoms with Crippen LogP contribution in [-0.2, 0) is 20.6 Å². The lowest BCUT2D eigenvalue weighted by molar-refractivity contribution is -0.250. The first-order valence-electron chi connectivity index (χ1n) is 14.7. The third kappa shape index (κ3) is 5.34. The van der Waals surface area contributed by atoms with E-state index in [4.69, 9.17) is 19.9 Å². The predicted octanol–water partition coefficient (Wildman–Crippen LogP) is 3.07. The third-order valence-corrected chi connectivity index (χ3v) is 8.93. The summed E-state index contributed by atoms with van der Waals surface area (Å²) < 4.78 is 17.6. The van der Waals surface area contributed by atoms with Crippen molar-refractivity contribution >= 4 is 23.3 Å². The Morgan fingerprint density at radius 2 is 1.62 bits per heavy atom. The number of aliphatic hydroxyl groups excluding tert-OH is 1. The number of hydrogen-bond acceptors (Lipinski definition) is 11. The third-order valence-electron chi connectivity index (χ3n) is 8.93. The number of benzene rings is 3. The highest BCUT2D eigenvalue weighted by atomic mass is 16.7. The molecule has 45 heavy (non-hydrogen) atoms. The van der Waals surface area contributed by atoms with Crippen molar-refractivity contribution in [2.75, 3.05) is 5.32 Å². The van der Waals surface area contributed by atoms with Gasteiger partial charge in [-0.1, -0.05) is 42.5 Å². The quantitative estimate of drug-likeness (QED) is 0.180. The molecule has 1 aliphatic heterocycles. The first kappa shape index (κ1) is 30.7. The Hall–Kier alpha value is -4.33. The smallest absolute Gasteiger partial charge is 0.411 e. The maximum atomic E-state index is 13.6. The number of aliphatic hydroxyl groups is 2. The SMILES string of the molecule is C[C@@H]1O[C@@H](O[C@H]2C[C@](O)([C@H](C)OC(=O)Nc3ccccc3)Cc3c(O)c4c(c(O)c32)C(=O)c2ccccc2C4=O)C[C@H](N)[C@H]1O. The van der Waals surface area contributed by atoms with Gasteiger partial charge in [-0.05, 0) is 26.0 Å². The fourth-order valence-electron chi connectivity index (χ4n) is 6.43. The highest BCUT2D eigenvalue weighted by Gasteiger charge is 2.50. The summed E-state index contributed by atoms with van der Waals surface area (Å²) in [6, 6.07) is 13.9. The van der Waals surface area contributed by atoms with Gasteiger partial charge in [-0.3, -0.25) is 14.9 Å². The molecule has 1 heterocycles. The van der Waals surface area contributed by atoms with E-state index in [1.54, 1.807) is 49.4 Å². The van der Waals surface area contributed by atoms with Crippen molar-refractivity contribution in [1.82, 2.24) is 0 Å². The molecule has 0 saturated carbocycles. The second-order valence-electron chi connectivity index (χ2n) is 11.9. The van der Waals surface area contributed by atoms with Crippen LogP contribution in [0.5, 0.6) is 11.5 Å². The fraction of sp³-hybridized carbons (Fsp3) is 0.364. The Bertz CT molecular complexity index is 1670. The average molecular weight is 619 g/mol. The van der Waals surface area contributed by atoms with Crippen LogP contribution in [0.2, 0.25) is 0 Å². The molecule has 1 fully saturated rings. The van der Waals surface area contributed by atoms with Crippen LogP contribution < -0.4 is 11.1 Å². The van der Waals surface area contributed by atoms with Crippen LogP contribution in [0.25, 0.3) is 0 Å². The molecule has 1 amide bonds. The number of rotatable bonds is 5. The second-order valence-corrected chi connectivity index (χ2v) is 11.9. The predicted molar refractivity (Wildman–Crippen MR) is 159 cm³/mol. The minimum Gasteiger partial charge on any atom is -0.507 e. The molecule has 3 aromatic rings. The molecule has 2 aliphatic carbocycles. The van der Waals surface area contributed by atoms with Crippen LogP contribution in [-0.4, -0.2) is 74.3 Å². The van der Waals surface area contributed by atoms with Gasteiger partial charge in [0.15, 0.2) is 17.9 Å². The molecule has 0 unspecified atom stereocenters. The summed E-state index contributed by atoms with van der Waals surface area (Å²) in [6.45, 7) is 3.09. The topological polar surface area (TPSA) is 198 Å². The summed E-state index contributed by atoms with van der Waals surface area (Å²) in [5, 5.41) is 48.1. The van der Waals surface area contributed by atoms with E-state index in [1.807, 2.05) is 0 Å². The molecule has 236 valence electrons. The van der Waals surface area contributed by atoms with Gasteiger partial charge in [0.25, 0.3) is 0 Å². The van der Waals surface area contributed by atoms with Crippen LogP contribution in [0.4, 0.5) is 10.5 Å². The summed E-state index contributed by atoms with van der Waals surface area (Å²) in [4.78, 5) is 39.9. The number of amides is 1. The van der Waals surface area contributed by atoms with E-state index in [0.717, 1.165) is 0 Å². The van der Waals surface area contributed by atoms with Gasteiger partial charge in [-0.2, -0.15) is 0 Å². The van der Waals surface area contributed by atoms with Gasteiger partial charge < -0.3 is 40.4 Å². The van der Waals surface area contributed by atoms with Gasteiger partial charge in [-0.15, -0.1) is 0 Å². The molecular formula is C33H34N2O10. The molecule has 7 atom stereocenters. The average Bonchev–Trinajstić information content (AvgIpc) is 3.00. The number of ether oxygens (including phenoxy) is 3. The molecule has 12 nitrogen and oxygen atoms in total. The van der Waals surface area contributed by atoms with Crippen LogP contribution in [0.3, 0.4) is 0 Å². The van der Waals surface area contributed by atoms with E-state index in [1.165, 1.54) is 19.1 Å². The summed E-state index contributed by atoms with van der Waals surface area (Å²) in [6.07, 6.45) is -6.49. The van der Waals surface area contributed by atoms with Gasteiger partial charge in [0.05, 0.1) is 29.4 Å². The highest BCUT2D eigenvalue weighted by Crippen LogP contribution is 2.52. The van der Waals surface area contributed by atoms with E-state index < -0.39 is 71.5 Å². The van der Waals surface area contributed by atoms with E-state index in [-0.39, 0.29) is 52.6 Å². The van der Waals surface area contributed by atoms with Gasteiger partial charge in [-0.25, -0.2) is 4.79 Å². The van der Waals surface area contributed by atoms with Crippen molar-refractivity contribution in [3.63, 3.8) is 0 Å². The van der Waals surface area contributed by atoms with E-state index in [0.29, 0.717) is 5.69 Å². The molecule has 0 bridgehead atoms. The lowest BCUT2D eigenvalue weighted by Gasteiger charge is -2.44. The standard InChI is InChI=1S/C33H34N2O10/c1-15-27(36)21(34)12-23(43-15)45-22-14-33(42,16(2)44-32(41)35-17-8-4-3-5-9-17)13-20-24(22)31(40)26-25(30(20)39)28(37)18-10-6-7-11-19(18)29(26)38/h3-11,15-16,21-23,27,36,39-40,42H,12-14,34H2,1-2H3,(H,35,41)/t15-,16-,21-,22-,23-,27-,33-/m0/s1. The summed E-state index contributed by atoms with van der Waals surface area (Å²) in [7, 11) is 0. The Morgan fingerprint density at radius 1 is 1.02 bits per heavy atom. The largest absolute Gasteiger partial charge is 0.507 e. The number of phenols is 2. The second kappa shape index (κ2) is 11.5. The van der Waals surface area contributed by atoms with E-state index >= 15 is 0 Å². The van der Waals surface area contributed by atoms with Gasteiger partial charge in [0.1, 0.15) is 23.2 Å². The summed E-state index contributed by atoms with van der Waals surface area (Å²) >= 11 is 0. The van der Waals surface area contributed by atoms with Crippen molar-refractivity contribution in [1.29, 1.82) is 0 Å². The zero-order valence-corrected chi connectivity index (χ0v) is 24.6. The molecule has 3 aromatic carbocycles. The van der Waals surface area contributed by atoms with Crippen molar-refractivity contribution < 1.29 is 49.0 Å². The Kier molecular flexibility index (Phi) is 7.88. The zero-order chi connectivity index (χ0) is 32.2. The minimum absolute atomic E-state index is 0.00617. The monoisotopic (exact) mass is 618 g/mol. The Morgan fingerprint density at radius 3 is 2.24 bits per heavy atom. The zero-order valence-electron chi connectivity index (χ0n) is 24.6. The Labute approximate surface area is 258 Å². The maximum Gasteiger partial charge on any atom is 0.411 e. The number of carbonyl (C=O) groups excluding carboxylic acids is 3. The molecule has 3 aliphatic rings. The number of hydrogen-bond donors (Lipinski definition) is 6. The molecule has 6 rings (SSSR count). The van der Waals surface area contributed by atoms with Gasteiger partial charge >= 0.3 is 6.09 Å². The number of fused-ring (bicyclic) bond motifs is 3. The maximum absolute atomic E-state index is 13.6. The first-order chi connectivity index (χ1) is 21.4. The molecule has 1 saturated heterocycles. The van der Waals surface area contributed by atoms with Crippen molar-refractivity contribution in [3.05, 3.63) is 88.0 Å². The normalized spacial score (nSPS) is 28.0. The van der Waals surface area contributed by atoms with E-state index in [9.17, 15) is 34.8 Å². The number of carbonyl (C=O) groups is 3. The Balaban J connectivity index is 1.41. The number of phenolic OH excluding ortho intramolecular Hbond substituents is 2. The van der Waals surface area contributed by atoms with Crippen molar-refractivity contribution in [2.24, 2.45) is 5.73 Å². The van der Waals surface area contributed by atoms with Crippen LogP contribution in [0.1, 0.15) is 75.8 Å². The number of aromatic hydroxyl groups is 2. The van der Waals surface area contributed by atoms with Gasteiger partial charge in [0, 0.05) is 53.2 Å². The number of para-hydroxylation sites is 1. The van der Waals surface area contributed by atoms with Crippen LogP contribution in [0.15, 0.2) is 54.6 Å². The summed E-state index contributed by atoms with van der Waals surface area (Å²) in [5.74, 6) is -2.49. The lowest BCUT2D eigenvalue weighted by atomic mass is 9.71. The van der Waals surface area contributed by atoms with Crippen LogP contribution >= 0.6 is 0 Å². The number of nitrogens with one attached hydrogen (secondary N) is 1. The number of ketones is 2. The van der Waals surface area contributed by atoms with Crippen molar-refractivity contribution in [2.45, 2.75) is 75.5 Å².